The van der Waals surface area contributed by atoms with E-state index in [1.165, 1.54) is 0 Å². The van der Waals surface area contributed by atoms with Gasteiger partial charge in [0, 0.05) is 32.1 Å². The number of amides is 2. The summed E-state index contributed by atoms with van der Waals surface area (Å²) in [6, 6.07) is -0.512. The average molecular weight is 229 g/mol. The smallest absolute Gasteiger partial charge is 0.404 e. The first-order chi connectivity index (χ1) is 7.41. The molecule has 6 nitrogen and oxygen atoms in total. The Bertz CT molecular complexity index is 280. The van der Waals surface area contributed by atoms with Gasteiger partial charge in [-0.2, -0.15) is 0 Å². The van der Waals surface area contributed by atoms with Gasteiger partial charge in [0.15, 0.2) is 0 Å². The van der Waals surface area contributed by atoms with Gasteiger partial charge in [-0.15, -0.1) is 0 Å². The van der Waals surface area contributed by atoms with Crippen LogP contribution in [0.1, 0.15) is 19.3 Å². The second-order valence-electron chi connectivity index (χ2n) is 4.46. The van der Waals surface area contributed by atoms with E-state index in [0.717, 1.165) is 0 Å². The summed E-state index contributed by atoms with van der Waals surface area (Å²) in [4.78, 5) is 23.8. The third-order valence-corrected chi connectivity index (χ3v) is 3.00. The molecule has 0 saturated heterocycles. The summed E-state index contributed by atoms with van der Waals surface area (Å²) in [6.07, 6.45) is 0.799. The van der Waals surface area contributed by atoms with Gasteiger partial charge in [0.2, 0.25) is 5.91 Å². The van der Waals surface area contributed by atoms with Crippen molar-refractivity contribution in [2.75, 3.05) is 14.1 Å². The molecule has 0 aromatic heterocycles. The van der Waals surface area contributed by atoms with Crippen molar-refractivity contribution in [2.45, 2.75) is 31.3 Å². The van der Waals surface area contributed by atoms with Crippen LogP contribution < -0.4 is 11.1 Å². The number of carbonyl (C=O) groups excluding carboxylic acids is 1. The highest BCUT2D eigenvalue weighted by molar-refractivity contribution is 5.78. The average Bonchev–Trinajstić information content (AvgIpc) is 2.19. The van der Waals surface area contributed by atoms with Gasteiger partial charge in [0.25, 0.3) is 0 Å². The molecule has 1 rings (SSSR count). The maximum Gasteiger partial charge on any atom is 0.404 e. The van der Waals surface area contributed by atoms with E-state index < -0.39 is 6.09 Å². The molecule has 0 aliphatic heterocycles. The molecule has 1 aliphatic rings. The van der Waals surface area contributed by atoms with Crippen LogP contribution in [-0.4, -0.2) is 48.2 Å². The monoisotopic (exact) mass is 229 g/mol. The fourth-order valence-corrected chi connectivity index (χ4v) is 2.13. The molecule has 16 heavy (non-hydrogen) atoms. The Kier molecular flexibility index (Phi) is 4.12. The summed E-state index contributed by atoms with van der Waals surface area (Å²) >= 11 is 0. The fourth-order valence-electron chi connectivity index (χ4n) is 2.13. The minimum Gasteiger partial charge on any atom is -0.465 e. The van der Waals surface area contributed by atoms with Gasteiger partial charge in [-0.25, -0.2) is 4.79 Å². The predicted octanol–water partition coefficient (Wildman–Crippen LogP) is -0.162. The first kappa shape index (κ1) is 12.8. The van der Waals surface area contributed by atoms with E-state index in [2.05, 4.69) is 5.32 Å². The summed E-state index contributed by atoms with van der Waals surface area (Å²) in [5, 5.41) is 11.0. The van der Waals surface area contributed by atoms with Crippen molar-refractivity contribution in [1.82, 2.24) is 10.2 Å². The van der Waals surface area contributed by atoms with Crippen LogP contribution in [0.25, 0.3) is 0 Å². The second-order valence-corrected chi connectivity index (χ2v) is 4.46. The Morgan fingerprint density at radius 2 is 2.00 bits per heavy atom. The molecule has 0 heterocycles. The Morgan fingerprint density at radius 3 is 2.44 bits per heavy atom. The molecule has 0 unspecified atom stereocenters. The zero-order chi connectivity index (χ0) is 12.3. The van der Waals surface area contributed by atoms with E-state index >= 15 is 0 Å². The summed E-state index contributed by atoms with van der Waals surface area (Å²) in [5.74, 6) is 0.000991. The van der Waals surface area contributed by atoms with E-state index in [0.29, 0.717) is 19.3 Å². The van der Waals surface area contributed by atoms with Gasteiger partial charge in [-0.3, -0.25) is 4.79 Å². The highest BCUT2D eigenvalue weighted by Gasteiger charge is 2.33. The van der Waals surface area contributed by atoms with Crippen molar-refractivity contribution >= 4 is 12.0 Å². The summed E-state index contributed by atoms with van der Waals surface area (Å²) < 4.78 is 0. The van der Waals surface area contributed by atoms with Gasteiger partial charge in [0.05, 0.1) is 0 Å². The number of rotatable bonds is 2. The van der Waals surface area contributed by atoms with Crippen molar-refractivity contribution in [3.05, 3.63) is 0 Å². The first-order valence-corrected chi connectivity index (χ1v) is 5.38. The predicted molar refractivity (Wildman–Crippen MR) is 59.0 cm³/mol. The molecule has 2 amide bonds. The van der Waals surface area contributed by atoms with Crippen molar-refractivity contribution in [1.29, 1.82) is 0 Å². The number of nitrogens with one attached hydrogen (secondary N) is 1. The first-order valence-electron chi connectivity index (χ1n) is 5.38. The lowest BCUT2D eigenvalue weighted by Crippen LogP contribution is -2.52. The number of nitrogens with two attached hydrogens (primary N) is 1. The lowest BCUT2D eigenvalue weighted by atomic mass is 9.82. The number of carbonyl (C=O) groups is 2. The van der Waals surface area contributed by atoms with Crippen LogP contribution in [0.5, 0.6) is 0 Å². The molecule has 1 aliphatic carbocycles. The van der Waals surface area contributed by atoms with Crippen LogP contribution in [0.3, 0.4) is 0 Å². The number of nitrogens with zero attached hydrogens (tertiary/aromatic N) is 1. The molecule has 0 aromatic rings. The molecular formula is C10H19N3O3. The summed E-state index contributed by atoms with van der Waals surface area (Å²) in [6.45, 7) is 0. The maximum absolute atomic E-state index is 11.7. The molecule has 6 heteroatoms. The Balaban J connectivity index is 2.51. The fraction of sp³-hybridized carbons (Fsp3) is 0.800. The van der Waals surface area contributed by atoms with Crippen LogP contribution in [-0.2, 0) is 4.79 Å². The molecule has 1 fully saturated rings. The SMILES string of the molecule is CN(C)C(=O)[C@H]1CC[C@H](NC(=O)O)[C@H](N)C1. The molecule has 0 spiro atoms. The molecule has 0 aromatic carbocycles. The van der Waals surface area contributed by atoms with E-state index in [1.54, 1.807) is 19.0 Å². The standard InChI is InChI=1S/C10H19N3O3/c1-13(2)9(14)6-3-4-8(7(11)5-6)12-10(15)16/h6-8,12H,3-5,11H2,1-2H3,(H,15,16)/t6-,7+,8-/m0/s1. The molecule has 0 bridgehead atoms. The topological polar surface area (TPSA) is 95.7 Å². The van der Waals surface area contributed by atoms with Crippen molar-refractivity contribution in [3.63, 3.8) is 0 Å². The van der Waals surface area contributed by atoms with Gasteiger partial charge >= 0.3 is 6.09 Å². The van der Waals surface area contributed by atoms with Gasteiger partial charge < -0.3 is 21.1 Å². The van der Waals surface area contributed by atoms with Gasteiger partial charge in [0.1, 0.15) is 0 Å². The Hall–Kier alpha value is -1.30. The van der Waals surface area contributed by atoms with Crippen molar-refractivity contribution in [3.8, 4) is 0 Å². The van der Waals surface area contributed by atoms with E-state index in [9.17, 15) is 9.59 Å². The molecule has 92 valence electrons. The molecule has 3 atom stereocenters. The molecule has 1 saturated carbocycles. The van der Waals surface area contributed by atoms with Gasteiger partial charge in [-0.05, 0) is 19.3 Å². The maximum atomic E-state index is 11.7. The van der Waals surface area contributed by atoms with Crippen LogP contribution >= 0.6 is 0 Å². The van der Waals surface area contributed by atoms with Crippen molar-refractivity contribution < 1.29 is 14.7 Å². The second kappa shape index (κ2) is 5.16. The van der Waals surface area contributed by atoms with E-state index in [-0.39, 0.29) is 23.9 Å². The van der Waals surface area contributed by atoms with Crippen LogP contribution in [0.4, 0.5) is 4.79 Å². The Morgan fingerprint density at radius 1 is 1.38 bits per heavy atom. The summed E-state index contributed by atoms with van der Waals surface area (Å²) in [7, 11) is 3.44. The van der Waals surface area contributed by atoms with Crippen LogP contribution in [0.2, 0.25) is 0 Å². The third-order valence-electron chi connectivity index (χ3n) is 3.00. The zero-order valence-electron chi connectivity index (χ0n) is 9.64. The molecule has 0 radical (unpaired) electrons. The van der Waals surface area contributed by atoms with E-state index in [4.69, 9.17) is 10.8 Å². The molecular weight excluding hydrogens is 210 g/mol. The van der Waals surface area contributed by atoms with Crippen molar-refractivity contribution in [2.24, 2.45) is 11.7 Å². The minimum atomic E-state index is -1.06. The van der Waals surface area contributed by atoms with E-state index in [1.807, 2.05) is 0 Å². The lowest BCUT2D eigenvalue weighted by Gasteiger charge is -2.34. The highest BCUT2D eigenvalue weighted by Crippen LogP contribution is 2.24. The summed E-state index contributed by atoms with van der Waals surface area (Å²) in [5.41, 5.74) is 5.86. The lowest BCUT2D eigenvalue weighted by molar-refractivity contribution is -0.134. The minimum absolute atomic E-state index is 0.0724. The largest absolute Gasteiger partial charge is 0.465 e. The number of carboxylic acid groups (broad SMARTS) is 1. The van der Waals surface area contributed by atoms with Gasteiger partial charge in [-0.1, -0.05) is 0 Å². The highest BCUT2D eigenvalue weighted by atomic mass is 16.4. The van der Waals surface area contributed by atoms with Crippen LogP contribution in [0, 0.1) is 5.92 Å². The number of hydrogen-bond acceptors (Lipinski definition) is 3. The zero-order valence-corrected chi connectivity index (χ0v) is 9.64. The van der Waals surface area contributed by atoms with Crippen LogP contribution in [0.15, 0.2) is 0 Å². The quantitative estimate of drug-likeness (QED) is 0.613. The Labute approximate surface area is 94.8 Å². The number of hydrogen-bond donors (Lipinski definition) is 3. The normalized spacial score (nSPS) is 29.6. The third kappa shape index (κ3) is 3.10. The molecule has 4 N–H and O–H groups in total.